The maximum absolute atomic E-state index is 12.8. The Labute approximate surface area is 200 Å². The Morgan fingerprint density at radius 2 is 1.44 bits per heavy atom. The van der Waals surface area contributed by atoms with Crippen LogP contribution in [0.25, 0.3) is 21.1 Å². The maximum atomic E-state index is 12.8. The van der Waals surface area contributed by atoms with Crippen molar-refractivity contribution in [3.8, 4) is 0 Å². The van der Waals surface area contributed by atoms with Crippen LogP contribution in [0.3, 0.4) is 0 Å². The number of amides is 2. The van der Waals surface area contributed by atoms with Crippen LogP contribution in [0, 0.1) is 6.92 Å². The molecule has 0 unspecified atom stereocenters. The molecule has 174 valence electrons. The van der Waals surface area contributed by atoms with Crippen LogP contribution in [0.15, 0.2) is 42.5 Å². The summed E-state index contributed by atoms with van der Waals surface area (Å²) in [6, 6.07) is 12.8. The van der Waals surface area contributed by atoms with Gasteiger partial charge in [-0.3, -0.25) is 14.6 Å². The highest BCUT2D eigenvalue weighted by Crippen LogP contribution is 2.26. The largest absolute Gasteiger partial charge is 0.398 e. The van der Waals surface area contributed by atoms with Crippen molar-refractivity contribution in [2.45, 2.75) is 44.7 Å². The van der Waals surface area contributed by atoms with E-state index in [0.717, 1.165) is 52.5 Å². The van der Waals surface area contributed by atoms with Crippen molar-refractivity contribution in [3.63, 3.8) is 0 Å². The summed E-state index contributed by atoms with van der Waals surface area (Å²) in [5, 5.41) is 7.53. The molecule has 34 heavy (non-hydrogen) atoms. The van der Waals surface area contributed by atoms with E-state index >= 15 is 0 Å². The van der Waals surface area contributed by atoms with E-state index in [1.165, 1.54) is 11.3 Å². The Morgan fingerprint density at radius 1 is 0.853 bits per heavy atom. The molecule has 0 atom stereocenters. The Morgan fingerprint density at radius 3 is 2.09 bits per heavy atom. The molecular weight excluding hydrogens is 448 g/mol. The topological polar surface area (TPSA) is 136 Å². The van der Waals surface area contributed by atoms with Gasteiger partial charge in [-0.15, -0.1) is 0 Å². The summed E-state index contributed by atoms with van der Waals surface area (Å²) in [6.07, 6.45) is 3.22. The fraction of sp³-hybridized carbons (Fsp3) is 0.280. The average molecular weight is 475 g/mol. The van der Waals surface area contributed by atoms with Crippen LogP contribution < -0.4 is 22.1 Å². The number of carbonyl (C=O) groups is 2. The quantitative estimate of drug-likeness (QED) is 0.355. The molecule has 2 amide bonds. The van der Waals surface area contributed by atoms with E-state index in [9.17, 15) is 9.59 Å². The van der Waals surface area contributed by atoms with Gasteiger partial charge in [0, 0.05) is 40.0 Å². The predicted octanol–water partition coefficient (Wildman–Crippen LogP) is 3.79. The second kappa shape index (κ2) is 8.90. The normalized spacial score (nSPS) is 18.1. The highest BCUT2D eigenvalue weighted by molar-refractivity contribution is 7.22. The highest BCUT2D eigenvalue weighted by Gasteiger charge is 2.24. The average Bonchev–Trinajstić information content (AvgIpc) is 3.19. The summed E-state index contributed by atoms with van der Waals surface area (Å²) in [5.41, 5.74) is 16.1. The van der Waals surface area contributed by atoms with E-state index in [-0.39, 0.29) is 23.9 Å². The number of hydrogen-bond donors (Lipinski definition) is 4. The molecule has 8 nitrogen and oxygen atoms in total. The number of fused-ring (bicyclic) bond motifs is 2. The minimum Gasteiger partial charge on any atom is -0.398 e. The minimum atomic E-state index is -0.119. The molecule has 2 aromatic carbocycles. The van der Waals surface area contributed by atoms with Crippen molar-refractivity contribution in [1.29, 1.82) is 0 Å². The first kappa shape index (κ1) is 22.1. The molecule has 5 rings (SSSR count). The summed E-state index contributed by atoms with van der Waals surface area (Å²) in [4.78, 5) is 34.2. The van der Waals surface area contributed by atoms with Crippen LogP contribution in [0.1, 0.15) is 52.1 Å². The Bertz CT molecular complexity index is 1410. The molecule has 0 saturated heterocycles. The van der Waals surface area contributed by atoms with Gasteiger partial charge in [-0.25, -0.2) is 4.98 Å². The smallest absolute Gasteiger partial charge is 0.251 e. The first-order chi connectivity index (χ1) is 16.4. The molecule has 1 aliphatic carbocycles. The van der Waals surface area contributed by atoms with Crippen molar-refractivity contribution in [3.05, 3.63) is 59.3 Å². The summed E-state index contributed by atoms with van der Waals surface area (Å²) < 4.78 is 0.901. The predicted molar refractivity (Wildman–Crippen MR) is 136 cm³/mol. The Balaban J connectivity index is 1.17. The first-order valence-electron chi connectivity index (χ1n) is 11.3. The zero-order valence-corrected chi connectivity index (χ0v) is 19.6. The van der Waals surface area contributed by atoms with Crippen molar-refractivity contribution in [2.75, 3.05) is 11.5 Å². The third kappa shape index (κ3) is 4.51. The number of pyridine rings is 1. The summed E-state index contributed by atoms with van der Waals surface area (Å²) in [6.45, 7) is 1.89. The van der Waals surface area contributed by atoms with Crippen LogP contribution in [0.4, 0.5) is 10.8 Å². The number of carbonyl (C=O) groups excluding carboxylic acids is 2. The number of nitrogens with zero attached hydrogens (tertiary/aromatic N) is 2. The molecule has 2 aromatic heterocycles. The van der Waals surface area contributed by atoms with E-state index in [4.69, 9.17) is 11.5 Å². The Kier molecular flexibility index (Phi) is 5.79. The third-order valence-electron chi connectivity index (χ3n) is 6.30. The van der Waals surface area contributed by atoms with Gasteiger partial charge < -0.3 is 22.1 Å². The fourth-order valence-corrected chi connectivity index (χ4v) is 5.31. The van der Waals surface area contributed by atoms with E-state index < -0.39 is 0 Å². The molecule has 1 aliphatic rings. The minimum absolute atomic E-state index is 0.0707. The van der Waals surface area contributed by atoms with Gasteiger partial charge in [-0.05, 0) is 75.1 Å². The summed E-state index contributed by atoms with van der Waals surface area (Å²) in [7, 11) is 0. The SMILES string of the molecule is Cc1cc(N)c2cc(C(=O)NC3CCC(NC(=O)c4ccc5nc(N)sc5c4)CC3)ccc2n1. The molecule has 2 heterocycles. The van der Waals surface area contributed by atoms with Gasteiger partial charge in [0.25, 0.3) is 11.8 Å². The van der Waals surface area contributed by atoms with Crippen molar-refractivity contribution in [1.82, 2.24) is 20.6 Å². The number of nitrogens with one attached hydrogen (secondary N) is 2. The van der Waals surface area contributed by atoms with Gasteiger partial charge in [0.1, 0.15) is 0 Å². The molecule has 1 saturated carbocycles. The number of anilines is 2. The molecular formula is C25H26N6O2S. The zero-order chi connectivity index (χ0) is 23.8. The van der Waals surface area contributed by atoms with Gasteiger partial charge in [0.05, 0.1) is 15.7 Å². The lowest BCUT2D eigenvalue weighted by Gasteiger charge is -2.29. The molecule has 4 aromatic rings. The van der Waals surface area contributed by atoms with Crippen LogP contribution in [0.2, 0.25) is 0 Å². The molecule has 0 bridgehead atoms. The highest BCUT2D eigenvalue weighted by atomic mass is 32.1. The number of benzene rings is 2. The second-order valence-electron chi connectivity index (χ2n) is 8.81. The third-order valence-corrected chi connectivity index (χ3v) is 7.14. The molecule has 1 fully saturated rings. The lowest BCUT2D eigenvalue weighted by Crippen LogP contribution is -2.43. The van der Waals surface area contributed by atoms with Crippen molar-refractivity contribution in [2.24, 2.45) is 0 Å². The molecule has 0 aliphatic heterocycles. The van der Waals surface area contributed by atoms with Crippen molar-refractivity contribution >= 4 is 55.1 Å². The first-order valence-corrected chi connectivity index (χ1v) is 12.1. The molecule has 6 N–H and O–H groups in total. The number of aromatic nitrogens is 2. The number of rotatable bonds is 4. The number of aryl methyl sites for hydroxylation is 1. The molecule has 0 spiro atoms. The second-order valence-corrected chi connectivity index (χ2v) is 9.88. The number of thiazole rings is 1. The van der Waals surface area contributed by atoms with Crippen LogP contribution >= 0.6 is 11.3 Å². The van der Waals surface area contributed by atoms with Gasteiger partial charge >= 0.3 is 0 Å². The van der Waals surface area contributed by atoms with Crippen molar-refractivity contribution < 1.29 is 9.59 Å². The van der Waals surface area contributed by atoms with Gasteiger partial charge in [0.15, 0.2) is 5.13 Å². The lowest BCUT2D eigenvalue weighted by atomic mass is 9.90. The van der Waals surface area contributed by atoms with Crippen LogP contribution in [-0.2, 0) is 0 Å². The molecule has 9 heteroatoms. The zero-order valence-electron chi connectivity index (χ0n) is 18.8. The maximum Gasteiger partial charge on any atom is 0.251 e. The van der Waals surface area contributed by atoms with E-state index in [2.05, 4.69) is 20.6 Å². The lowest BCUT2D eigenvalue weighted by molar-refractivity contribution is 0.0892. The fourth-order valence-electron chi connectivity index (χ4n) is 4.53. The number of nitrogens with two attached hydrogens (primary N) is 2. The number of nitrogen functional groups attached to an aromatic ring is 2. The summed E-state index contributed by atoms with van der Waals surface area (Å²) in [5.74, 6) is -0.217. The van der Waals surface area contributed by atoms with E-state index in [1.54, 1.807) is 18.2 Å². The van der Waals surface area contributed by atoms with Gasteiger partial charge in [0.2, 0.25) is 0 Å². The van der Waals surface area contributed by atoms with Crippen LogP contribution in [0.5, 0.6) is 0 Å². The van der Waals surface area contributed by atoms with Gasteiger partial charge in [-0.2, -0.15) is 0 Å². The standard InChI is InChI=1S/C25H26N6O2S/c1-13-10-19(26)18-11-14(2-8-20(18)28-13)23(32)29-16-4-6-17(7-5-16)30-24(33)15-3-9-21-22(12-15)34-25(27)31-21/h2-3,8-12,16-17H,4-7H2,1H3,(H2,26,28)(H2,27,31)(H,29,32)(H,30,33). The monoisotopic (exact) mass is 474 g/mol. The molecule has 0 radical (unpaired) electrons. The number of hydrogen-bond acceptors (Lipinski definition) is 7. The van der Waals surface area contributed by atoms with Crippen LogP contribution in [-0.4, -0.2) is 33.9 Å². The van der Waals surface area contributed by atoms with E-state index in [0.29, 0.717) is 21.9 Å². The summed E-state index contributed by atoms with van der Waals surface area (Å²) >= 11 is 1.37. The van der Waals surface area contributed by atoms with Gasteiger partial charge in [-0.1, -0.05) is 11.3 Å². The van der Waals surface area contributed by atoms with E-state index in [1.807, 2.05) is 31.2 Å². The Hall–Kier alpha value is -3.72.